The second-order valence-electron chi connectivity index (χ2n) is 4.96. The number of para-hydroxylation sites is 2. The summed E-state index contributed by atoms with van der Waals surface area (Å²) < 4.78 is 3.40. The molecule has 2 aromatic carbocycles. The molecule has 21 heavy (non-hydrogen) atoms. The lowest BCUT2D eigenvalue weighted by Crippen LogP contribution is -2.12. The second kappa shape index (κ2) is 6.31. The average molecular weight is 344 g/mol. The van der Waals surface area contributed by atoms with Crippen molar-refractivity contribution < 1.29 is 0 Å². The summed E-state index contributed by atoms with van der Waals surface area (Å²) in [6.07, 6.45) is 0.950. The van der Waals surface area contributed by atoms with E-state index in [1.807, 2.05) is 18.2 Å². The number of anilines is 1. The van der Waals surface area contributed by atoms with E-state index in [9.17, 15) is 0 Å². The van der Waals surface area contributed by atoms with Crippen molar-refractivity contribution in [2.45, 2.75) is 19.9 Å². The van der Waals surface area contributed by atoms with Crippen LogP contribution in [0.3, 0.4) is 0 Å². The summed E-state index contributed by atoms with van der Waals surface area (Å²) in [5.41, 5.74) is 3.43. The molecule has 1 heterocycles. The number of rotatable bonds is 5. The first-order chi connectivity index (χ1) is 10.3. The Labute approximate surface area is 133 Å². The third kappa shape index (κ3) is 3.10. The van der Waals surface area contributed by atoms with Crippen molar-refractivity contribution in [1.82, 2.24) is 9.55 Å². The van der Waals surface area contributed by atoms with Crippen LogP contribution in [0.15, 0.2) is 53.0 Å². The number of benzene rings is 2. The minimum atomic E-state index is 0.879. The predicted octanol–water partition coefficient (Wildman–Crippen LogP) is 4.47. The number of nitrogens with zero attached hydrogens (tertiary/aromatic N) is 2. The minimum absolute atomic E-state index is 0.879. The molecule has 0 aliphatic carbocycles. The number of halogens is 1. The molecular weight excluding hydrogens is 326 g/mol. The Kier molecular flexibility index (Phi) is 4.25. The third-order valence-electron chi connectivity index (χ3n) is 3.54. The quantitative estimate of drug-likeness (QED) is 0.740. The van der Waals surface area contributed by atoms with Gasteiger partial charge >= 0.3 is 0 Å². The van der Waals surface area contributed by atoms with Gasteiger partial charge in [0.2, 0.25) is 0 Å². The van der Waals surface area contributed by atoms with E-state index in [0.29, 0.717) is 0 Å². The summed E-state index contributed by atoms with van der Waals surface area (Å²) in [5, 5.41) is 3.46. The maximum atomic E-state index is 4.70. The molecule has 0 unspecified atom stereocenters. The standard InChI is InChI=1S/C17H18BrN3/c1-2-17-20-15-8-3-4-9-16(15)21(17)11-10-19-14-7-5-6-13(18)12-14/h3-9,12,19H,2,10-11H2,1H3. The monoisotopic (exact) mass is 343 g/mol. The maximum absolute atomic E-state index is 4.70. The Morgan fingerprint density at radius 3 is 2.81 bits per heavy atom. The normalized spacial score (nSPS) is 11.0. The van der Waals surface area contributed by atoms with Gasteiger partial charge in [0.25, 0.3) is 0 Å². The molecular formula is C17H18BrN3. The van der Waals surface area contributed by atoms with Crippen LogP contribution in [-0.2, 0) is 13.0 Å². The van der Waals surface area contributed by atoms with E-state index in [4.69, 9.17) is 4.98 Å². The summed E-state index contributed by atoms with van der Waals surface area (Å²) in [4.78, 5) is 4.70. The first kappa shape index (κ1) is 14.1. The van der Waals surface area contributed by atoms with Crippen LogP contribution in [0.4, 0.5) is 5.69 Å². The van der Waals surface area contributed by atoms with Gasteiger partial charge in [-0.05, 0) is 30.3 Å². The van der Waals surface area contributed by atoms with Gasteiger partial charge in [-0.25, -0.2) is 4.98 Å². The molecule has 3 rings (SSSR count). The molecule has 0 radical (unpaired) electrons. The third-order valence-corrected chi connectivity index (χ3v) is 4.03. The van der Waals surface area contributed by atoms with Crippen LogP contribution >= 0.6 is 15.9 Å². The van der Waals surface area contributed by atoms with E-state index in [0.717, 1.165) is 41.0 Å². The number of imidazole rings is 1. The number of hydrogen-bond acceptors (Lipinski definition) is 2. The molecule has 3 nitrogen and oxygen atoms in total. The average Bonchev–Trinajstić information content (AvgIpc) is 2.86. The molecule has 0 aliphatic heterocycles. The molecule has 4 heteroatoms. The fraction of sp³-hybridized carbons (Fsp3) is 0.235. The van der Waals surface area contributed by atoms with Crippen molar-refractivity contribution in [1.29, 1.82) is 0 Å². The fourth-order valence-corrected chi connectivity index (χ4v) is 2.95. The van der Waals surface area contributed by atoms with Crippen molar-refractivity contribution in [2.24, 2.45) is 0 Å². The highest BCUT2D eigenvalue weighted by molar-refractivity contribution is 9.10. The number of hydrogen-bond donors (Lipinski definition) is 1. The number of nitrogens with one attached hydrogen (secondary N) is 1. The highest BCUT2D eigenvalue weighted by atomic mass is 79.9. The van der Waals surface area contributed by atoms with Crippen LogP contribution in [-0.4, -0.2) is 16.1 Å². The van der Waals surface area contributed by atoms with Gasteiger partial charge in [-0.15, -0.1) is 0 Å². The predicted molar refractivity (Wildman–Crippen MR) is 91.7 cm³/mol. The van der Waals surface area contributed by atoms with Crippen molar-refractivity contribution in [2.75, 3.05) is 11.9 Å². The SMILES string of the molecule is CCc1nc2ccccc2n1CCNc1cccc(Br)c1. The van der Waals surface area contributed by atoms with Crippen LogP contribution in [0.5, 0.6) is 0 Å². The van der Waals surface area contributed by atoms with Crippen LogP contribution < -0.4 is 5.32 Å². The molecule has 0 bridgehead atoms. The summed E-state index contributed by atoms with van der Waals surface area (Å²) in [5.74, 6) is 1.15. The van der Waals surface area contributed by atoms with Gasteiger partial charge in [0.1, 0.15) is 5.82 Å². The molecule has 3 aromatic rings. The van der Waals surface area contributed by atoms with Crippen LogP contribution in [0.25, 0.3) is 11.0 Å². The van der Waals surface area contributed by atoms with Crippen LogP contribution in [0.2, 0.25) is 0 Å². The summed E-state index contributed by atoms with van der Waals surface area (Å²) in [7, 11) is 0. The zero-order valence-corrected chi connectivity index (χ0v) is 13.6. The van der Waals surface area contributed by atoms with Gasteiger partial charge in [0.15, 0.2) is 0 Å². The molecule has 0 aliphatic rings. The van der Waals surface area contributed by atoms with E-state index in [1.165, 1.54) is 5.52 Å². The first-order valence-corrected chi connectivity index (χ1v) is 8.01. The summed E-state index contributed by atoms with van der Waals surface area (Å²) >= 11 is 3.49. The Bertz CT molecular complexity index is 749. The van der Waals surface area contributed by atoms with Gasteiger partial charge in [0.05, 0.1) is 11.0 Å². The molecule has 1 N–H and O–H groups in total. The Hall–Kier alpha value is -1.81. The van der Waals surface area contributed by atoms with Crippen LogP contribution in [0, 0.1) is 0 Å². The van der Waals surface area contributed by atoms with Gasteiger partial charge in [-0.1, -0.05) is 41.1 Å². The Balaban J connectivity index is 1.75. The second-order valence-corrected chi connectivity index (χ2v) is 5.87. The van der Waals surface area contributed by atoms with Crippen molar-refractivity contribution >= 4 is 32.7 Å². The first-order valence-electron chi connectivity index (χ1n) is 7.21. The number of fused-ring (bicyclic) bond motifs is 1. The van der Waals surface area contributed by atoms with Gasteiger partial charge in [-0.2, -0.15) is 0 Å². The lowest BCUT2D eigenvalue weighted by atomic mass is 10.3. The van der Waals surface area contributed by atoms with Gasteiger partial charge < -0.3 is 9.88 Å². The highest BCUT2D eigenvalue weighted by Crippen LogP contribution is 2.18. The Morgan fingerprint density at radius 1 is 1.14 bits per heavy atom. The lowest BCUT2D eigenvalue weighted by molar-refractivity contribution is 0.699. The molecule has 0 fully saturated rings. The van der Waals surface area contributed by atoms with E-state index in [2.05, 4.69) is 63.1 Å². The van der Waals surface area contributed by atoms with Gasteiger partial charge in [-0.3, -0.25) is 0 Å². The van der Waals surface area contributed by atoms with Crippen molar-refractivity contribution in [3.05, 3.63) is 58.8 Å². The maximum Gasteiger partial charge on any atom is 0.109 e. The van der Waals surface area contributed by atoms with E-state index in [1.54, 1.807) is 0 Å². The van der Waals surface area contributed by atoms with Crippen molar-refractivity contribution in [3.63, 3.8) is 0 Å². The summed E-state index contributed by atoms with van der Waals surface area (Å²) in [6.45, 7) is 3.94. The fourth-order valence-electron chi connectivity index (χ4n) is 2.56. The van der Waals surface area contributed by atoms with E-state index < -0.39 is 0 Å². The van der Waals surface area contributed by atoms with E-state index in [-0.39, 0.29) is 0 Å². The molecule has 0 atom stereocenters. The number of aromatic nitrogens is 2. The smallest absolute Gasteiger partial charge is 0.109 e. The molecule has 0 spiro atoms. The zero-order chi connectivity index (χ0) is 14.7. The number of aryl methyl sites for hydroxylation is 1. The van der Waals surface area contributed by atoms with Gasteiger partial charge in [0, 0.05) is 29.7 Å². The molecule has 108 valence electrons. The van der Waals surface area contributed by atoms with Crippen LogP contribution in [0.1, 0.15) is 12.7 Å². The molecule has 0 amide bonds. The Morgan fingerprint density at radius 2 is 2.00 bits per heavy atom. The largest absolute Gasteiger partial charge is 0.383 e. The summed E-state index contributed by atoms with van der Waals surface area (Å²) in [6, 6.07) is 16.6. The molecule has 1 aromatic heterocycles. The molecule has 0 saturated carbocycles. The molecule has 0 saturated heterocycles. The highest BCUT2D eigenvalue weighted by Gasteiger charge is 2.08. The topological polar surface area (TPSA) is 29.9 Å². The van der Waals surface area contributed by atoms with E-state index >= 15 is 0 Å². The van der Waals surface area contributed by atoms with Crippen molar-refractivity contribution in [3.8, 4) is 0 Å². The minimum Gasteiger partial charge on any atom is -0.383 e. The lowest BCUT2D eigenvalue weighted by Gasteiger charge is -2.10. The zero-order valence-electron chi connectivity index (χ0n) is 12.0.